The van der Waals surface area contributed by atoms with Crippen LogP contribution in [0.3, 0.4) is 0 Å². The number of amides is 1. The topological polar surface area (TPSA) is 42.3 Å². The average Bonchev–Trinajstić information content (AvgIpc) is 2.92. The standard InChI is InChI=1S/C9H12N2O2S/c1-10(7-2-3-7)8(12)6-11-4-5-14-9(11)13/h4-5,7H,2-3,6H2,1H3. The van der Waals surface area contributed by atoms with Crippen molar-refractivity contribution in [2.75, 3.05) is 7.05 Å². The molecule has 76 valence electrons. The van der Waals surface area contributed by atoms with Crippen LogP contribution in [0.25, 0.3) is 0 Å². The van der Waals surface area contributed by atoms with Crippen molar-refractivity contribution in [2.24, 2.45) is 0 Å². The minimum atomic E-state index is -0.0671. The van der Waals surface area contributed by atoms with Gasteiger partial charge in [0.1, 0.15) is 6.54 Å². The Kier molecular flexibility index (Phi) is 2.41. The van der Waals surface area contributed by atoms with Crippen LogP contribution in [0, 0.1) is 0 Å². The van der Waals surface area contributed by atoms with Crippen LogP contribution in [0.5, 0.6) is 0 Å². The highest BCUT2D eigenvalue weighted by Crippen LogP contribution is 2.25. The molecule has 4 nitrogen and oxygen atoms in total. The van der Waals surface area contributed by atoms with Gasteiger partial charge in [-0.1, -0.05) is 11.3 Å². The van der Waals surface area contributed by atoms with Crippen molar-refractivity contribution >= 4 is 17.2 Å². The van der Waals surface area contributed by atoms with Crippen molar-refractivity contribution in [1.82, 2.24) is 9.47 Å². The molecule has 0 N–H and O–H groups in total. The van der Waals surface area contributed by atoms with Crippen LogP contribution >= 0.6 is 11.3 Å². The van der Waals surface area contributed by atoms with E-state index in [2.05, 4.69) is 0 Å². The fraction of sp³-hybridized carbons (Fsp3) is 0.556. The van der Waals surface area contributed by atoms with Crippen molar-refractivity contribution in [1.29, 1.82) is 0 Å². The van der Waals surface area contributed by atoms with E-state index >= 15 is 0 Å². The first-order valence-electron chi connectivity index (χ1n) is 4.58. The summed E-state index contributed by atoms with van der Waals surface area (Å²) in [5.41, 5.74) is 0. The summed E-state index contributed by atoms with van der Waals surface area (Å²) in [7, 11) is 1.80. The van der Waals surface area contributed by atoms with Gasteiger partial charge < -0.3 is 4.90 Å². The molecule has 5 heteroatoms. The summed E-state index contributed by atoms with van der Waals surface area (Å²) in [6, 6.07) is 0.414. The molecule has 0 spiro atoms. The van der Waals surface area contributed by atoms with Gasteiger partial charge in [-0.3, -0.25) is 14.2 Å². The first-order valence-corrected chi connectivity index (χ1v) is 5.46. The highest BCUT2D eigenvalue weighted by molar-refractivity contribution is 7.07. The largest absolute Gasteiger partial charge is 0.341 e. The van der Waals surface area contributed by atoms with Crippen molar-refractivity contribution in [2.45, 2.75) is 25.4 Å². The zero-order valence-corrected chi connectivity index (χ0v) is 8.79. The predicted molar refractivity (Wildman–Crippen MR) is 54.4 cm³/mol. The van der Waals surface area contributed by atoms with Crippen molar-refractivity contribution in [3.8, 4) is 0 Å². The van der Waals surface area contributed by atoms with Crippen molar-refractivity contribution < 1.29 is 4.79 Å². The van der Waals surface area contributed by atoms with E-state index in [0.29, 0.717) is 6.04 Å². The molecular weight excluding hydrogens is 200 g/mol. The van der Waals surface area contributed by atoms with Gasteiger partial charge in [-0.25, -0.2) is 0 Å². The summed E-state index contributed by atoms with van der Waals surface area (Å²) < 4.78 is 1.45. The summed E-state index contributed by atoms with van der Waals surface area (Å²) in [5, 5.41) is 1.70. The van der Waals surface area contributed by atoms with Gasteiger partial charge >= 0.3 is 4.87 Å². The van der Waals surface area contributed by atoms with Crippen LogP contribution in [0.1, 0.15) is 12.8 Å². The van der Waals surface area contributed by atoms with E-state index in [1.54, 1.807) is 23.5 Å². The number of carbonyl (C=O) groups excluding carboxylic acids is 1. The van der Waals surface area contributed by atoms with E-state index in [1.807, 2.05) is 0 Å². The zero-order chi connectivity index (χ0) is 10.1. The Morgan fingerprint density at radius 1 is 1.71 bits per heavy atom. The Morgan fingerprint density at radius 3 is 2.93 bits per heavy atom. The maximum atomic E-state index is 11.6. The first-order chi connectivity index (χ1) is 6.68. The van der Waals surface area contributed by atoms with E-state index in [9.17, 15) is 9.59 Å². The van der Waals surface area contributed by atoms with E-state index in [-0.39, 0.29) is 17.3 Å². The van der Waals surface area contributed by atoms with Crippen LogP contribution in [-0.4, -0.2) is 28.5 Å². The summed E-state index contributed by atoms with van der Waals surface area (Å²) in [6.07, 6.45) is 3.85. The molecule has 0 atom stereocenters. The smallest absolute Gasteiger partial charge is 0.307 e. The third-order valence-electron chi connectivity index (χ3n) is 2.44. The van der Waals surface area contributed by atoms with Crippen LogP contribution < -0.4 is 4.87 Å². The molecule has 1 fully saturated rings. The zero-order valence-electron chi connectivity index (χ0n) is 7.97. The van der Waals surface area contributed by atoms with Crippen molar-refractivity contribution in [3.63, 3.8) is 0 Å². The lowest BCUT2D eigenvalue weighted by atomic mass is 10.5. The molecule has 0 aromatic carbocycles. The maximum Gasteiger partial charge on any atom is 0.307 e. The predicted octanol–water partition coefficient (Wildman–Crippen LogP) is 0.531. The van der Waals surface area contributed by atoms with Gasteiger partial charge in [0.05, 0.1) is 0 Å². The number of aromatic nitrogens is 1. The van der Waals surface area contributed by atoms with Crippen LogP contribution in [0.4, 0.5) is 0 Å². The summed E-state index contributed by atoms with van der Waals surface area (Å²) in [5.74, 6) is 0.0213. The Bertz CT molecular complexity index is 392. The Hall–Kier alpha value is -1.10. The third kappa shape index (κ3) is 1.87. The number of hydrogen-bond acceptors (Lipinski definition) is 3. The molecule has 14 heavy (non-hydrogen) atoms. The summed E-state index contributed by atoms with van der Waals surface area (Å²) in [6.45, 7) is 0.176. The number of likely N-dealkylation sites (N-methyl/N-ethyl adjacent to an activating group) is 1. The average molecular weight is 212 g/mol. The Labute approximate surface area is 85.8 Å². The molecule has 0 unspecified atom stereocenters. The van der Waals surface area contributed by atoms with Crippen molar-refractivity contribution in [3.05, 3.63) is 21.2 Å². The molecular formula is C9H12N2O2S. The molecule has 0 aliphatic heterocycles. The number of nitrogens with zero attached hydrogens (tertiary/aromatic N) is 2. The Morgan fingerprint density at radius 2 is 2.43 bits per heavy atom. The third-order valence-corrected chi connectivity index (χ3v) is 3.13. The summed E-state index contributed by atoms with van der Waals surface area (Å²) in [4.78, 5) is 24.5. The van der Waals surface area contributed by atoms with Crippen LogP contribution in [-0.2, 0) is 11.3 Å². The van der Waals surface area contributed by atoms with Gasteiger partial charge in [-0.15, -0.1) is 0 Å². The number of thiazole rings is 1. The van der Waals surface area contributed by atoms with Crippen LogP contribution in [0.15, 0.2) is 16.4 Å². The quantitative estimate of drug-likeness (QED) is 0.733. The van der Waals surface area contributed by atoms with E-state index in [0.717, 1.165) is 24.2 Å². The number of rotatable bonds is 3. The highest BCUT2D eigenvalue weighted by atomic mass is 32.1. The molecule has 1 aromatic heterocycles. The fourth-order valence-electron chi connectivity index (χ4n) is 1.33. The van der Waals surface area contributed by atoms with Gasteiger partial charge in [0.15, 0.2) is 0 Å². The van der Waals surface area contributed by atoms with Gasteiger partial charge in [-0.2, -0.15) is 0 Å². The molecule has 0 bridgehead atoms. The summed E-state index contributed by atoms with van der Waals surface area (Å²) >= 11 is 1.12. The van der Waals surface area contributed by atoms with Gasteiger partial charge in [0.2, 0.25) is 5.91 Å². The van der Waals surface area contributed by atoms with Gasteiger partial charge in [0, 0.05) is 24.7 Å². The number of carbonyl (C=O) groups is 1. The first kappa shape index (κ1) is 9.45. The molecule has 0 radical (unpaired) electrons. The lowest BCUT2D eigenvalue weighted by Crippen LogP contribution is -2.33. The lowest BCUT2D eigenvalue weighted by molar-refractivity contribution is -0.131. The Balaban J connectivity index is 2.00. The van der Waals surface area contributed by atoms with E-state index < -0.39 is 0 Å². The monoisotopic (exact) mass is 212 g/mol. The molecule has 1 aromatic rings. The van der Waals surface area contributed by atoms with Crippen LogP contribution in [0.2, 0.25) is 0 Å². The maximum absolute atomic E-state index is 11.6. The second kappa shape index (κ2) is 3.57. The molecule has 1 amide bonds. The fourth-order valence-corrected chi connectivity index (χ4v) is 1.92. The lowest BCUT2D eigenvalue weighted by Gasteiger charge is -2.15. The van der Waals surface area contributed by atoms with Gasteiger partial charge in [-0.05, 0) is 12.8 Å². The normalized spacial score (nSPS) is 15.5. The second-order valence-corrected chi connectivity index (χ2v) is 4.39. The molecule has 1 aliphatic rings. The molecule has 1 aliphatic carbocycles. The molecule has 2 rings (SSSR count). The molecule has 0 saturated heterocycles. The molecule has 1 saturated carbocycles. The minimum Gasteiger partial charge on any atom is -0.341 e. The SMILES string of the molecule is CN(C(=O)Cn1ccsc1=O)C1CC1. The second-order valence-electron chi connectivity index (χ2n) is 3.53. The highest BCUT2D eigenvalue weighted by Gasteiger charge is 2.29. The minimum absolute atomic E-state index is 0.0213. The van der Waals surface area contributed by atoms with E-state index in [4.69, 9.17) is 0 Å². The molecule has 1 heterocycles. The van der Waals surface area contributed by atoms with E-state index in [1.165, 1.54) is 4.57 Å². The number of hydrogen-bond donors (Lipinski definition) is 0. The van der Waals surface area contributed by atoms with Gasteiger partial charge in [0.25, 0.3) is 0 Å².